The number of nitro groups is 1. The number of aromatic nitrogens is 2. The molecular weight excluding hydrogens is 252 g/mol. The molecule has 1 N–H and O–H groups in total. The van der Waals surface area contributed by atoms with Gasteiger partial charge in [0, 0.05) is 18.5 Å². The topological polar surface area (TPSA) is 103 Å². The first-order valence-electron chi connectivity index (χ1n) is 5.99. The molecule has 1 aromatic heterocycles. The molecule has 0 bridgehead atoms. The van der Waals surface area contributed by atoms with Gasteiger partial charge in [-0.3, -0.25) is 10.1 Å². The van der Waals surface area contributed by atoms with Gasteiger partial charge in [-0.15, -0.1) is 0 Å². The van der Waals surface area contributed by atoms with E-state index in [2.05, 4.69) is 20.3 Å². The Bertz CT molecular complexity index is 606. The van der Waals surface area contributed by atoms with Gasteiger partial charge in [-0.1, -0.05) is 0 Å². The number of benzene rings is 1. The number of fused-ring (bicyclic) bond motifs is 1. The average Bonchev–Trinajstić information content (AvgIpc) is 3.06. The molecule has 19 heavy (non-hydrogen) atoms. The summed E-state index contributed by atoms with van der Waals surface area (Å²) in [6, 6.07) is 2.89. The first-order chi connectivity index (χ1) is 9.25. The molecule has 0 aliphatic carbocycles. The number of nitrogens with zero attached hydrogens (tertiary/aromatic N) is 3. The molecule has 0 radical (unpaired) electrons. The summed E-state index contributed by atoms with van der Waals surface area (Å²) in [5.74, 6) is 0.916. The monoisotopic (exact) mass is 264 g/mol. The Balaban J connectivity index is 1.85. The molecule has 1 atom stereocenters. The van der Waals surface area contributed by atoms with Gasteiger partial charge >= 0.3 is 5.69 Å². The molecule has 3 rings (SSSR count). The Morgan fingerprint density at radius 1 is 1.47 bits per heavy atom. The lowest BCUT2D eigenvalue weighted by Gasteiger charge is -2.10. The lowest BCUT2D eigenvalue weighted by atomic mass is 10.1. The van der Waals surface area contributed by atoms with Crippen molar-refractivity contribution in [2.45, 2.75) is 6.42 Å². The normalized spacial score (nSPS) is 18.8. The number of ether oxygens (including phenoxy) is 1. The van der Waals surface area contributed by atoms with Crippen molar-refractivity contribution in [2.75, 3.05) is 19.7 Å². The van der Waals surface area contributed by atoms with Crippen LogP contribution in [0.3, 0.4) is 0 Å². The second kappa shape index (κ2) is 4.81. The maximum atomic E-state index is 10.8. The van der Waals surface area contributed by atoms with Crippen LogP contribution in [0.1, 0.15) is 6.42 Å². The van der Waals surface area contributed by atoms with E-state index in [1.165, 1.54) is 12.1 Å². The quantitative estimate of drug-likeness (QED) is 0.651. The van der Waals surface area contributed by atoms with Gasteiger partial charge in [0.15, 0.2) is 11.3 Å². The van der Waals surface area contributed by atoms with Gasteiger partial charge in [0.1, 0.15) is 0 Å². The highest BCUT2D eigenvalue weighted by atomic mass is 16.6. The third-order valence-electron chi connectivity index (χ3n) is 3.19. The van der Waals surface area contributed by atoms with Gasteiger partial charge in [-0.2, -0.15) is 0 Å². The van der Waals surface area contributed by atoms with Crippen molar-refractivity contribution >= 4 is 16.7 Å². The molecule has 0 amide bonds. The van der Waals surface area contributed by atoms with Crippen LogP contribution in [0.5, 0.6) is 5.75 Å². The minimum atomic E-state index is -0.517. The maximum absolute atomic E-state index is 10.8. The third kappa shape index (κ3) is 2.22. The van der Waals surface area contributed by atoms with Crippen molar-refractivity contribution in [1.82, 2.24) is 15.6 Å². The van der Waals surface area contributed by atoms with Crippen molar-refractivity contribution < 1.29 is 14.3 Å². The fourth-order valence-electron chi connectivity index (χ4n) is 2.16. The second-order valence-corrected chi connectivity index (χ2v) is 4.47. The van der Waals surface area contributed by atoms with Gasteiger partial charge in [-0.25, -0.2) is 4.63 Å². The Hall–Kier alpha value is -2.22. The SMILES string of the molecule is O=[N+]([O-])c1ccc(OCC2CCNC2)c2nonc12. The van der Waals surface area contributed by atoms with E-state index in [1.807, 2.05) is 0 Å². The van der Waals surface area contributed by atoms with Gasteiger partial charge < -0.3 is 10.1 Å². The summed E-state index contributed by atoms with van der Waals surface area (Å²) in [5.41, 5.74) is 0.276. The van der Waals surface area contributed by atoms with E-state index >= 15 is 0 Å². The van der Waals surface area contributed by atoms with Crippen LogP contribution in [-0.2, 0) is 0 Å². The van der Waals surface area contributed by atoms with Crippen LogP contribution in [-0.4, -0.2) is 34.9 Å². The van der Waals surface area contributed by atoms with Gasteiger partial charge in [-0.05, 0) is 29.3 Å². The van der Waals surface area contributed by atoms with E-state index in [4.69, 9.17) is 4.74 Å². The molecule has 1 fully saturated rings. The highest BCUT2D eigenvalue weighted by Gasteiger charge is 2.21. The minimum absolute atomic E-state index is 0.118. The molecule has 8 nitrogen and oxygen atoms in total. The molecule has 1 aliphatic rings. The highest BCUT2D eigenvalue weighted by Crippen LogP contribution is 2.30. The number of rotatable bonds is 4. The van der Waals surface area contributed by atoms with Crippen molar-refractivity contribution in [3.05, 3.63) is 22.2 Å². The zero-order valence-electron chi connectivity index (χ0n) is 10.0. The molecule has 0 saturated carbocycles. The van der Waals surface area contributed by atoms with Gasteiger partial charge in [0.05, 0.1) is 11.5 Å². The van der Waals surface area contributed by atoms with Crippen LogP contribution in [0.25, 0.3) is 11.0 Å². The predicted molar refractivity (Wildman–Crippen MR) is 64.9 cm³/mol. The third-order valence-corrected chi connectivity index (χ3v) is 3.19. The fraction of sp³-hybridized carbons (Fsp3) is 0.455. The van der Waals surface area contributed by atoms with E-state index in [0.29, 0.717) is 23.8 Å². The molecule has 1 aromatic carbocycles. The molecule has 1 aliphatic heterocycles. The number of nitrogens with one attached hydrogen (secondary N) is 1. The first kappa shape index (κ1) is 11.8. The Morgan fingerprint density at radius 2 is 2.32 bits per heavy atom. The number of non-ortho nitro benzene ring substituents is 1. The highest BCUT2D eigenvalue weighted by molar-refractivity contribution is 5.88. The minimum Gasteiger partial charge on any atom is -0.491 e. The summed E-state index contributed by atoms with van der Waals surface area (Å²) >= 11 is 0. The first-order valence-corrected chi connectivity index (χ1v) is 5.99. The Kier molecular flexibility index (Phi) is 3.00. The van der Waals surface area contributed by atoms with Crippen molar-refractivity contribution in [1.29, 1.82) is 0 Å². The van der Waals surface area contributed by atoms with Crippen molar-refractivity contribution in [2.24, 2.45) is 5.92 Å². The molecule has 2 heterocycles. The number of nitro benzene ring substituents is 1. The van der Waals surface area contributed by atoms with E-state index in [1.54, 1.807) is 0 Å². The van der Waals surface area contributed by atoms with Crippen molar-refractivity contribution in [3.63, 3.8) is 0 Å². The predicted octanol–water partition coefficient (Wildman–Crippen LogP) is 1.12. The Labute approximate surface area is 107 Å². The lowest BCUT2D eigenvalue weighted by molar-refractivity contribution is -0.383. The van der Waals surface area contributed by atoms with E-state index in [-0.39, 0.29) is 11.2 Å². The zero-order valence-corrected chi connectivity index (χ0v) is 10.0. The van der Waals surface area contributed by atoms with Crippen LogP contribution < -0.4 is 10.1 Å². The lowest BCUT2D eigenvalue weighted by Crippen LogP contribution is -2.15. The largest absolute Gasteiger partial charge is 0.491 e. The summed E-state index contributed by atoms with van der Waals surface area (Å²) in [5, 5.41) is 21.3. The number of hydrogen-bond acceptors (Lipinski definition) is 7. The molecule has 100 valence electrons. The molecule has 0 spiro atoms. The summed E-state index contributed by atoms with van der Waals surface area (Å²) in [6.45, 7) is 2.47. The summed E-state index contributed by atoms with van der Waals surface area (Å²) in [6.07, 6.45) is 1.06. The van der Waals surface area contributed by atoms with E-state index in [0.717, 1.165) is 19.5 Å². The van der Waals surface area contributed by atoms with Crippen molar-refractivity contribution in [3.8, 4) is 5.75 Å². The van der Waals surface area contributed by atoms with Crippen LogP contribution in [0.4, 0.5) is 5.69 Å². The van der Waals surface area contributed by atoms with Crippen LogP contribution >= 0.6 is 0 Å². The molecule has 2 aromatic rings. The zero-order chi connectivity index (χ0) is 13.2. The summed E-state index contributed by atoms with van der Waals surface area (Å²) in [4.78, 5) is 10.3. The second-order valence-electron chi connectivity index (χ2n) is 4.47. The summed E-state index contributed by atoms with van der Waals surface area (Å²) < 4.78 is 10.2. The van der Waals surface area contributed by atoms with Crippen LogP contribution in [0.15, 0.2) is 16.8 Å². The molecule has 1 saturated heterocycles. The molecular formula is C11H12N4O4. The standard InChI is InChI=1S/C11H12N4O4/c16-15(17)8-1-2-9(11-10(8)13-19-14-11)18-6-7-3-4-12-5-7/h1-2,7,12H,3-6H2. The Morgan fingerprint density at radius 3 is 3.05 bits per heavy atom. The molecule has 1 unspecified atom stereocenters. The van der Waals surface area contributed by atoms with E-state index in [9.17, 15) is 10.1 Å². The smallest absolute Gasteiger partial charge is 0.301 e. The van der Waals surface area contributed by atoms with E-state index < -0.39 is 4.92 Å². The van der Waals surface area contributed by atoms with Gasteiger partial charge in [0.2, 0.25) is 5.52 Å². The van der Waals surface area contributed by atoms with Crippen LogP contribution in [0, 0.1) is 16.0 Å². The maximum Gasteiger partial charge on any atom is 0.301 e. The van der Waals surface area contributed by atoms with Gasteiger partial charge in [0.25, 0.3) is 0 Å². The molecule has 8 heteroatoms. The average molecular weight is 264 g/mol. The summed E-state index contributed by atoms with van der Waals surface area (Å²) in [7, 11) is 0. The number of hydrogen-bond donors (Lipinski definition) is 1. The van der Waals surface area contributed by atoms with Crippen LogP contribution in [0.2, 0.25) is 0 Å². The fourth-order valence-corrected chi connectivity index (χ4v) is 2.16.